The average Bonchev–Trinajstić information content (AvgIpc) is 2.87. The number of aromatic nitrogens is 3. The van der Waals surface area contributed by atoms with Crippen LogP contribution in [0.15, 0.2) is 60.9 Å². The van der Waals surface area contributed by atoms with E-state index >= 15 is 0 Å². The number of hydrogen-bond donors (Lipinski definition) is 2. The third kappa shape index (κ3) is 4.62. The number of anilines is 1. The second kappa shape index (κ2) is 8.99. The zero-order valence-electron chi connectivity index (χ0n) is 17.9. The van der Waals surface area contributed by atoms with E-state index in [1.54, 1.807) is 25.4 Å². The maximum absolute atomic E-state index is 11.8. The van der Waals surface area contributed by atoms with E-state index in [9.17, 15) is 4.79 Å². The first-order chi connectivity index (χ1) is 16.2. The number of rotatable bonds is 6. The maximum Gasteiger partial charge on any atom is 0.269 e. The molecule has 9 heteroatoms. The van der Waals surface area contributed by atoms with Crippen LogP contribution in [0.4, 0.5) is 5.95 Å². The maximum atomic E-state index is 11.8. The average molecular weight is 443 g/mol. The zero-order valence-corrected chi connectivity index (χ0v) is 17.9. The molecule has 1 amide bonds. The topological polar surface area (TPSA) is 107 Å². The van der Waals surface area contributed by atoms with Crippen LogP contribution in [0.25, 0.3) is 10.9 Å². The summed E-state index contributed by atoms with van der Waals surface area (Å²) in [7, 11) is 1.56. The van der Waals surface area contributed by atoms with Gasteiger partial charge in [-0.25, -0.2) is 9.97 Å². The van der Waals surface area contributed by atoms with E-state index in [0.717, 1.165) is 28.0 Å². The van der Waals surface area contributed by atoms with Crippen LogP contribution in [-0.2, 0) is 6.54 Å². The van der Waals surface area contributed by atoms with Gasteiger partial charge in [-0.05, 0) is 42.0 Å². The Hall–Kier alpha value is -4.40. The van der Waals surface area contributed by atoms with Crippen molar-refractivity contribution in [3.63, 3.8) is 0 Å². The number of ether oxygens (including phenoxy) is 3. The molecule has 0 radical (unpaired) electrons. The highest BCUT2D eigenvalue weighted by Gasteiger charge is 2.12. The fourth-order valence-electron chi connectivity index (χ4n) is 3.40. The molecule has 4 aromatic rings. The van der Waals surface area contributed by atoms with Crippen LogP contribution in [0.1, 0.15) is 16.1 Å². The Balaban J connectivity index is 1.28. The molecular formula is C24H21N5O4. The fraction of sp³-hybridized carbons (Fsp3) is 0.167. The van der Waals surface area contributed by atoms with Gasteiger partial charge in [-0.3, -0.25) is 9.78 Å². The lowest BCUT2D eigenvalue weighted by Gasteiger charge is -2.19. The minimum Gasteiger partial charge on any atom is -0.486 e. The van der Waals surface area contributed by atoms with E-state index in [1.807, 2.05) is 36.4 Å². The van der Waals surface area contributed by atoms with Gasteiger partial charge in [0.1, 0.15) is 30.4 Å². The molecule has 33 heavy (non-hydrogen) atoms. The van der Waals surface area contributed by atoms with E-state index in [2.05, 4.69) is 25.6 Å². The Kier molecular flexibility index (Phi) is 5.59. The van der Waals surface area contributed by atoms with Crippen LogP contribution in [0.2, 0.25) is 0 Å². The highest BCUT2D eigenvalue weighted by Crippen LogP contribution is 2.31. The lowest BCUT2D eigenvalue weighted by Crippen LogP contribution is -2.18. The molecule has 0 bridgehead atoms. The molecule has 1 aliphatic rings. The molecule has 0 saturated heterocycles. The quantitative estimate of drug-likeness (QED) is 0.466. The number of hydrogen-bond acceptors (Lipinski definition) is 8. The highest BCUT2D eigenvalue weighted by molar-refractivity contribution is 5.92. The van der Waals surface area contributed by atoms with Crippen LogP contribution >= 0.6 is 0 Å². The minimum atomic E-state index is -0.274. The van der Waals surface area contributed by atoms with Crippen LogP contribution in [0, 0.1) is 0 Å². The second-order valence-electron chi connectivity index (χ2n) is 7.30. The summed E-state index contributed by atoms with van der Waals surface area (Å²) in [5, 5.41) is 6.62. The monoisotopic (exact) mass is 443 g/mol. The molecule has 0 saturated carbocycles. The summed E-state index contributed by atoms with van der Waals surface area (Å²) in [6.07, 6.45) is 3.27. The SMILES string of the molecule is CNC(=O)c1cc(Oc2ccc3nc(NCc4ccc5c(c4)OCCO5)ncc3c2)ccn1. The summed E-state index contributed by atoms with van der Waals surface area (Å²) in [4.78, 5) is 24.8. The number of carbonyl (C=O) groups is 1. The number of fused-ring (bicyclic) bond motifs is 2. The van der Waals surface area contributed by atoms with Crippen LogP contribution in [-0.4, -0.2) is 41.1 Å². The van der Waals surface area contributed by atoms with Gasteiger partial charge in [-0.2, -0.15) is 0 Å². The summed E-state index contributed by atoms with van der Waals surface area (Å²) >= 11 is 0. The highest BCUT2D eigenvalue weighted by atomic mass is 16.6. The molecule has 0 unspecified atom stereocenters. The van der Waals surface area contributed by atoms with Crippen LogP contribution in [0.3, 0.4) is 0 Å². The molecule has 9 nitrogen and oxygen atoms in total. The molecular weight excluding hydrogens is 422 g/mol. The predicted molar refractivity (Wildman–Crippen MR) is 122 cm³/mol. The lowest BCUT2D eigenvalue weighted by atomic mass is 10.2. The molecule has 0 aliphatic carbocycles. The lowest BCUT2D eigenvalue weighted by molar-refractivity contribution is 0.0958. The van der Waals surface area contributed by atoms with Crippen LogP contribution in [0.5, 0.6) is 23.0 Å². The molecule has 0 fully saturated rings. The van der Waals surface area contributed by atoms with Gasteiger partial charge >= 0.3 is 0 Å². The first kappa shape index (κ1) is 20.5. The van der Waals surface area contributed by atoms with Gasteiger partial charge in [0, 0.05) is 37.4 Å². The molecule has 2 aromatic carbocycles. The minimum absolute atomic E-state index is 0.274. The first-order valence-electron chi connectivity index (χ1n) is 10.4. The summed E-state index contributed by atoms with van der Waals surface area (Å²) in [5.74, 6) is 2.89. The van der Waals surface area contributed by atoms with E-state index in [4.69, 9.17) is 14.2 Å². The molecule has 1 aliphatic heterocycles. The van der Waals surface area contributed by atoms with Crippen molar-refractivity contribution in [1.29, 1.82) is 0 Å². The van der Waals surface area contributed by atoms with Crippen molar-refractivity contribution >= 4 is 22.8 Å². The number of carbonyl (C=O) groups excluding carboxylic acids is 1. The molecule has 2 aromatic heterocycles. The molecule has 3 heterocycles. The molecule has 5 rings (SSSR count). The molecule has 166 valence electrons. The third-order valence-electron chi connectivity index (χ3n) is 5.04. The Morgan fingerprint density at radius 2 is 1.85 bits per heavy atom. The number of pyridine rings is 1. The number of benzene rings is 2. The van der Waals surface area contributed by atoms with E-state index < -0.39 is 0 Å². The second-order valence-corrected chi connectivity index (χ2v) is 7.30. The van der Waals surface area contributed by atoms with Gasteiger partial charge in [0.15, 0.2) is 11.5 Å². The number of amides is 1. The molecule has 0 spiro atoms. The van der Waals surface area contributed by atoms with Crippen molar-refractivity contribution in [1.82, 2.24) is 20.3 Å². The standard InChI is InChI=1S/C24H21N5O4/c1-25-23(30)20-12-18(6-7-26-20)33-17-3-4-19-16(11-17)14-28-24(29-19)27-13-15-2-5-21-22(10-15)32-9-8-31-21/h2-7,10-12,14H,8-9,13H2,1H3,(H,25,30)(H,27,28,29). The van der Waals surface area contributed by atoms with Crippen molar-refractivity contribution in [2.45, 2.75) is 6.54 Å². The Labute approximate surface area is 189 Å². The van der Waals surface area contributed by atoms with Gasteiger partial charge < -0.3 is 24.8 Å². The Morgan fingerprint density at radius 3 is 2.73 bits per heavy atom. The van der Waals surface area contributed by atoms with Crippen molar-refractivity contribution in [2.75, 3.05) is 25.6 Å². The van der Waals surface area contributed by atoms with E-state index in [-0.39, 0.29) is 11.6 Å². The molecule has 0 atom stereocenters. The number of nitrogens with zero attached hydrogens (tertiary/aromatic N) is 3. The van der Waals surface area contributed by atoms with Crippen molar-refractivity contribution < 1.29 is 19.0 Å². The Bertz CT molecular complexity index is 1330. The summed E-state index contributed by atoms with van der Waals surface area (Å²) in [6, 6.07) is 14.7. The normalized spacial score (nSPS) is 12.3. The van der Waals surface area contributed by atoms with E-state index in [0.29, 0.717) is 37.2 Å². The summed E-state index contributed by atoms with van der Waals surface area (Å²) in [5.41, 5.74) is 2.11. The van der Waals surface area contributed by atoms with Gasteiger partial charge in [-0.15, -0.1) is 0 Å². The zero-order chi connectivity index (χ0) is 22.6. The Morgan fingerprint density at radius 1 is 1.00 bits per heavy atom. The largest absolute Gasteiger partial charge is 0.486 e. The van der Waals surface area contributed by atoms with E-state index in [1.165, 1.54) is 6.20 Å². The number of nitrogens with one attached hydrogen (secondary N) is 2. The predicted octanol–water partition coefficient (Wildman–Crippen LogP) is 3.56. The summed E-state index contributed by atoms with van der Waals surface area (Å²) in [6.45, 7) is 1.68. The van der Waals surface area contributed by atoms with Crippen molar-refractivity contribution in [3.05, 3.63) is 72.2 Å². The van der Waals surface area contributed by atoms with Gasteiger partial charge in [-0.1, -0.05) is 6.07 Å². The van der Waals surface area contributed by atoms with Crippen molar-refractivity contribution in [2.24, 2.45) is 0 Å². The van der Waals surface area contributed by atoms with Gasteiger partial charge in [0.05, 0.1) is 5.52 Å². The van der Waals surface area contributed by atoms with Crippen LogP contribution < -0.4 is 24.8 Å². The fourth-order valence-corrected chi connectivity index (χ4v) is 3.40. The van der Waals surface area contributed by atoms with Gasteiger partial charge in [0.2, 0.25) is 5.95 Å². The first-order valence-corrected chi connectivity index (χ1v) is 10.4. The van der Waals surface area contributed by atoms with Gasteiger partial charge in [0.25, 0.3) is 5.91 Å². The molecule has 2 N–H and O–H groups in total. The van der Waals surface area contributed by atoms with Crippen molar-refractivity contribution in [3.8, 4) is 23.0 Å². The summed E-state index contributed by atoms with van der Waals surface area (Å²) < 4.78 is 17.1. The third-order valence-corrected chi connectivity index (χ3v) is 5.04. The smallest absolute Gasteiger partial charge is 0.269 e.